The summed E-state index contributed by atoms with van der Waals surface area (Å²) in [5.74, 6) is -0.989. The van der Waals surface area contributed by atoms with Crippen molar-refractivity contribution in [1.82, 2.24) is 5.01 Å². The van der Waals surface area contributed by atoms with Crippen molar-refractivity contribution in [3.05, 3.63) is 60.2 Å². The number of aliphatic hydroxyl groups is 1. The van der Waals surface area contributed by atoms with Crippen LogP contribution in [0, 0.1) is 5.41 Å². The second-order valence-corrected chi connectivity index (χ2v) is 5.84. The van der Waals surface area contributed by atoms with Crippen LogP contribution in [0.3, 0.4) is 0 Å². The smallest absolute Gasteiger partial charge is 0.236 e. The van der Waals surface area contributed by atoms with Gasteiger partial charge in [-0.3, -0.25) is 16.9 Å². The Bertz CT molecular complexity index is 831. The van der Waals surface area contributed by atoms with E-state index in [0.29, 0.717) is 23.7 Å². The number of nitrogens with zero attached hydrogens (tertiary/aromatic N) is 3. The summed E-state index contributed by atoms with van der Waals surface area (Å²) in [5, 5.41) is 23.1. The molecule has 0 radical (unpaired) electrons. The van der Waals surface area contributed by atoms with E-state index >= 15 is 0 Å². The average Bonchev–Trinajstić information content (AvgIpc) is 2.97. The van der Waals surface area contributed by atoms with Gasteiger partial charge in [0, 0.05) is 0 Å². The lowest BCUT2D eigenvalue weighted by Crippen LogP contribution is -2.57. The number of hydrogen-bond donors (Lipinski definition) is 4. The summed E-state index contributed by atoms with van der Waals surface area (Å²) in [7, 11) is 0. The van der Waals surface area contributed by atoms with Gasteiger partial charge < -0.3 is 9.84 Å². The molecule has 0 saturated carbocycles. The van der Waals surface area contributed by atoms with Crippen molar-refractivity contribution in [2.45, 2.75) is 12.4 Å². The van der Waals surface area contributed by atoms with Gasteiger partial charge in [0.05, 0.1) is 18.4 Å². The van der Waals surface area contributed by atoms with E-state index in [9.17, 15) is 0 Å². The molecule has 3 rings (SSSR count). The summed E-state index contributed by atoms with van der Waals surface area (Å²) >= 11 is 0. The standard InChI is InChI=1S/C18H20N6O2/c19-17-16(10-22-24(17)11-13-4-2-1-3-5-13)23-14-6-8-15(9-7-14)26-18(20,21)12-25/h1-10,19,25H,11-12,20-21H2. The number of benzene rings is 2. The number of nitrogens with one attached hydrogen (secondary N) is 1. The first-order chi connectivity index (χ1) is 12.5. The molecule has 1 aliphatic heterocycles. The van der Waals surface area contributed by atoms with Crippen LogP contribution >= 0.6 is 0 Å². The van der Waals surface area contributed by atoms with Crippen molar-refractivity contribution in [2.75, 3.05) is 6.61 Å². The van der Waals surface area contributed by atoms with Gasteiger partial charge in [0.1, 0.15) is 18.1 Å². The Morgan fingerprint density at radius 1 is 1.12 bits per heavy atom. The van der Waals surface area contributed by atoms with Crippen LogP contribution in [0.2, 0.25) is 0 Å². The molecule has 6 N–H and O–H groups in total. The molecule has 2 aromatic carbocycles. The van der Waals surface area contributed by atoms with E-state index in [1.54, 1.807) is 35.5 Å². The van der Waals surface area contributed by atoms with E-state index in [-0.39, 0.29) is 5.84 Å². The number of ether oxygens (including phenoxy) is 1. The van der Waals surface area contributed by atoms with Gasteiger partial charge in [-0.15, -0.1) is 0 Å². The Hall–Kier alpha value is -3.07. The minimum absolute atomic E-state index is 0.234. The third-order valence-electron chi connectivity index (χ3n) is 3.64. The first kappa shape index (κ1) is 17.7. The zero-order valence-corrected chi connectivity index (χ0v) is 14.0. The summed E-state index contributed by atoms with van der Waals surface area (Å²) < 4.78 is 5.26. The summed E-state index contributed by atoms with van der Waals surface area (Å²) in [4.78, 5) is 4.42. The van der Waals surface area contributed by atoms with Crippen molar-refractivity contribution in [2.24, 2.45) is 21.6 Å². The molecule has 0 unspecified atom stereocenters. The second kappa shape index (κ2) is 7.44. The van der Waals surface area contributed by atoms with Crippen LogP contribution in [0.5, 0.6) is 5.75 Å². The normalized spacial score (nSPS) is 15.7. The van der Waals surface area contributed by atoms with Crippen LogP contribution < -0.4 is 16.2 Å². The fourth-order valence-electron chi connectivity index (χ4n) is 2.31. The highest BCUT2D eigenvalue weighted by Gasteiger charge is 2.21. The van der Waals surface area contributed by atoms with Crippen LogP contribution in [0.4, 0.5) is 5.69 Å². The predicted molar refractivity (Wildman–Crippen MR) is 101 cm³/mol. The van der Waals surface area contributed by atoms with E-state index in [0.717, 1.165) is 5.56 Å². The topological polar surface area (TPSA) is 133 Å². The molecule has 1 heterocycles. The maximum Gasteiger partial charge on any atom is 0.236 e. The van der Waals surface area contributed by atoms with Gasteiger partial charge in [0.15, 0.2) is 5.84 Å². The summed E-state index contributed by atoms with van der Waals surface area (Å²) in [6, 6.07) is 16.5. The molecule has 8 nitrogen and oxygen atoms in total. The van der Waals surface area contributed by atoms with Crippen LogP contribution in [0.1, 0.15) is 5.56 Å². The molecule has 0 atom stereocenters. The molecule has 8 heteroatoms. The molecule has 134 valence electrons. The Balaban J connectivity index is 1.67. The van der Waals surface area contributed by atoms with Crippen molar-refractivity contribution in [3.8, 4) is 5.75 Å². The van der Waals surface area contributed by atoms with Gasteiger partial charge in [-0.25, -0.2) is 10.0 Å². The SMILES string of the molecule is N=C1C(=Nc2ccc(OC(N)(N)CO)cc2)C=NN1Cc1ccccc1. The molecule has 0 fully saturated rings. The third-order valence-corrected chi connectivity index (χ3v) is 3.64. The minimum Gasteiger partial charge on any atom is -0.458 e. The molecular weight excluding hydrogens is 332 g/mol. The molecule has 0 aliphatic carbocycles. The first-order valence-corrected chi connectivity index (χ1v) is 7.97. The average molecular weight is 352 g/mol. The van der Waals surface area contributed by atoms with Gasteiger partial charge >= 0.3 is 0 Å². The summed E-state index contributed by atoms with van der Waals surface area (Å²) in [5.41, 5.74) is 13.2. The van der Waals surface area contributed by atoms with Gasteiger partial charge in [-0.05, 0) is 29.8 Å². The first-order valence-electron chi connectivity index (χ1n) is 7.97. The third kappa shape index (κ3) is 4.31. The molecule has 0 aromatic heterocycles. The van der Waals surface area contributed by atoms with Gasteiger partial charge in [0.2, 0.25) is 5.85 Å². The van der Waals surface area contributed by atoms with Crippen LogP contribution in [0.15, 0.2) is 64.7 Å². The lowest BCUT2D eigenvalue weighted by molar-refractivity contribution is 0.0198. The molecule has 0 bridgehead atoms. The Kier molecular flexibility index (Phi) is 5.08. The van der Waals surface area contributed by atoms with Gasteiger partial charge in [-0.1, -0.05) is 30.3 Å². The van der Waals surface area contributed by atoms with Gasteiger partial charge in [-0.2, -0.15) is 5.10 Å². The number of hydrazone groups is 1. The van der Waals surface area contributed by atoms with E-state index < -0.39 is 12.5 Å². The Labute approximate surface area is 150 Å². The maximum absolute atomic E-state index is 9.02. The number of aliphatic imine (C=N–C) groups is 1. The van der Waals surface area contributed by atoms with Crippen molar-refractivity contribution < 1.29 is 9.84 Å². The zero-order valence-electron chi connectivity index (χ0n) is 14.0. The van der Waals surface area contributed by atoms with Crippen molar-refractivity contribution >= 4 is 23.4 Å². The highest BCUT2D eigenvalue weighted by atomic mass is 16.5. The lowest BCUT2D eigenvalue weighted by atomic mass is 10.2. The zero-order chi connectivity index (χ0) is 18.6. The molecule has 0 spiro atoms. The highest BCUT2D eigenvalue weighted by molar-refractivity contribution is 6.63. The minimum atomic E-state index is -1.63. The maximum atomic E-state index is 9.02. The highest BCUT2D eigenvalue weighted by Crippen LogP contribution is 2.21. The number of nitrogens with two attached hydrogens (primary N) is 2. The predicted octanol–water partition coefficient (Wildman–Crippen LogP) is 1.18. The van der Waals surface area contributed by atoms with Crippen LogP contribution in [-0.4, -0.2) is 40.3 Å². The monoisotopic (exact) mass is 352 g/mol. The van der Waals surface area contributed by atoms with Crippen LogP contribution in [0.25, 0.3) is 0 Å². The molecule has 2 aromatic rings. The quantitative estimate of drug-likeness (QED) is 0.579. The number of aliphatic hydroxyl groups excluding tert-OH is 1. The number of amidine groups is 1. The number of rotatable bonds is 6. The van der Waals surface area contributed by atoms with E-state index in [1.807, 2.05) is 30.3 Å². The molecule has 0 saturated heterocycles. The largest absolute Gasteiger partial charge is 0.458 e. The lowest BCUT2D eigenvalue weighted by Gasteiger charge is -2.23. The van der Waals surface area contributed by atoms with E-state index in [4.69, 9.17) is 26.7 Å². The number of hydrogen-bond acceptors (Lipinski definition) is 7. The fourth-order valence-corrected chi connectivity index (χ4v) is 2.31. The van der Waals surface area contributed by atoms with Crippen molar-refractivity contribution in [3.63, 3.8) is 0 Å². The second-order valence-electron chi connectivity index (χ2n) is 5.84. The summed E-state index contributed by atoms with van der Waals surface area (Å²) in [6.07, 6.45) is 1.56. The molecule has 0 amide bonds. The molecule has 1 aliphatic rings. The van der Waals surface area contributed by atoms with E-state index in [1.165, 1.54) is 0 Å². The van der Waals surface area contributed by atoms with Crippen LogP contribution in [-0.2, 0) is 6.54 Å². The molecule has 26 heavy (non-hydrogen) atoms. The van der Waals surface area contributed by atoms with Crippen molar-refractivity contribution in [1.29, 1.82) is 5.41 Å². The Morgan fingerprint density at radius 3 is 2.46 bits per heavy atom. The van der Waals surface area contributed by atoms with Gasteiger partial charge in [0.25, 0.3) is 0 Å². The fraction of sp³-hybridized carbons (Fsp3) is 0.167. The molecular formula is C18H20N6O2. The Morgan fingerprint density at radius 2 is 1.81 bits per heavy atom. The van der Waals surface area contributed by atoms with E-state index in [2.05, 4.69) is 10.1 Å². The summed E-state index contributed by atoms with van der Waals surface area (Å²) in [6.45, 7) is 0.000141.